The van der Waals surface area contributed by atoms with Crippen LogP contribution in [0, 0.1) is 13.8 Å². The number of hydrogen-bond acceptors (Lipinski definition) is 5. The first-order chi connectivity index (χ1) is 14.3. The number of nitrogens with one attached hydrogen (secondary N) is 2. The van der Waals surface area contributed by atoms with Gasteiger partial charge in [0.2, 0.25) is 5.91 Å². The van der Waals surface area contributed by atoms with Gasteiger partial charge >= 0.3 is 12.0 Å². The number of esters is 1. The highest BCUT2D eigenvalue weighted by molar-refractivity contribution is 6.05. The molecule has 1 saturated heterocycles. The first-order valence-corrected chi connectivity index (χ1v) is 9.60. The first-order valence-electron chi connectivity index (χ1n) is 9.60. The molecule has 0 spiro atoms. The van der Waals surface area contributed by atoms with Gasteiger partial charge in [0, 0.05) is 18.7 Å². The van der Waals surface area contributed by atoms with Gasteiger partial charge < -0.3 is 15.0 Å². The Morgan fingerprint density at radius 3 is 2.57 bits per heavy atom. The molecule has 1 aliphatic rings. The largest absolute Gasteiger partial charge is 0.452 e. The minimum atomic E-state index is -0.764. The van der Waals surface area contributed by atoms with Gasteiger partial charge in [0.05, 0.1) is 11.3 Å². The monoisotopic (exact) mass is 409 g/mol. The highest BCUT2D eigenvalue weighted by Gasteiger charge is 2.26. The Hall–Kier alpha value is -3.68. The summed E-state index contributed by atoms with van der Waals surface area (Å²) >= 11 is 0. The van der Waals surface area contributed by atoms with Crippen molar-refractivity contribution in [1.82, 2.24) is 5.32 Å². The van der Waals surface area contributed by atoms with E-state index in [9.17, 15) is 19.2 Å². The van der Waals surface area contributed by atoms with E-state index in [1.54, 1.807) is 24.3 Å². The van der Waals surface area contributed by atoms with Crippen LogP contribution in [0.4, 0.5) is 16.2 Å². The summed E-state index contributed by atoms with van der Waals surface area (Å²) < 4.78 is 5.05. The molecule has 0 aromatic heterocycles. The highest BCUT2D eigenvalue weighted by Crippen LogP contribution is 2.26. The molecule has 2 aromatic carbocycles. The summed E-state index contributed by atoms with van der Waals surface area (Å²) in [7, 11) is 0. The molecule has 0 atom stereocenters. The minimum Gasteiger partial charge on any atom is -0.452 e. The Bertz CT molecular complexity index is 1000. The number of amides is 4. The summed E-state index contributed by atoms with van der Waals surface area (Å²) in [4.78, 5) is 50.0. The molecule has 8 nitrogen and oxygen atoms in total. The summed E-state index contributed by atoms with van der Waals surface area (Å²) in [5, 5.41) is 4.71. The number of nitrogens with zero attached hydrogens (tertiary/aromatic N) is 1. The van der Waals surface area contributed by atoms with Crippen LogP contribution in [-0.2, 0) is 14.3 Å². The third-order valence-electron chi connectivity index (χ3n) is 4.71. The predicted octanol–water partition coefficient (Wildman–Crippen LogP) is 2.94. The Balaban J connectivity index is 1.55. The van der Waals surface area contributed by atoms with Gasteiger partial charge in [-0.2, -0.15) is 0 Å². The normalized spacial score (nSPS) is 13.1. The van der Waals surface area contributed by atoms with Gasteiger partial charge in [0.1, 0.15) is 0 Å². The van der Waals surface area contributed by atoms with Crippen molar-refractivity contribution in [2.75, 3.05) is 23.4 Å². The lowest BCUT2D eigenvalue weighted by Gasteiger charge is -2.18. The molecule has 3 rings (SSSR count). The maximum absolute atomic E-state index is 12.4. The molecule has 2 aromatic rings. The van der Waals surface area contributed by atoms with E-state index in [0.29, 0.717) is 24.3 Å². The summed E-state index contributed by atoms with van der Waals surface area (Å²) in [5.41, 5.74) is 3.14. The molecule has 8 heteroatoms. The Labute approximate surface area is 174 Å². The fraction of sp³-hybridized carbons (Fsp3) is 0.273. The summed E-state index contributed by atoms with van der Waals surface area (Å²) in [6.07, 6.45) is 1.15. The summed E-state index contributed by atoms with van der Waals surface area (Å²) in [6, 6.07) is 11.3. The van der Waals surface area contributed by atoms with E-state index in [1.807, 2.05) is 26.0 Å². The predicted molar refractivity (Wildman–Crippen MR) is 111 cm³/mol. The van der Waals surface area contributed by atoms with Crippen LogP contribution in [0.5, 0.6) is 0 Å². The lowest BCUT2D eigenvalue weighted by atomic mass is 10.1. The van der Waals surface area contributed by atoms with Crippen molar-refractivity contribution in [1.29, 1.82) is 0 Å². The van der Waals surface area contributed by atoms with Crippen molar-refractivity contribution in [3.8, 4) is 0 Å². The molecule has 1 heterocycles. The van der Waals surface area contributed by atoms with Crippen molar-refractivity contribution >= 4 is 35.2 Å². The van der Waals surface area contributed by atoms with Crippen molar-refractivity contribution in [2.45, 2.75) is 26.7 Å². The zero-order valence-corrected chi connectivity index (χ0v) is 16.9. The SMILES string of the molecule is Cc1ccc(NC(=O)NC(=O)COC(=O)c2ccccc2N2CCCC2=O)c(C)c1. The van der Waals surface area contributed by atoms with Crippen molar-refractivity contribution < 1.29 is 23.9 Å². The van der Waals surface area contributed by atoms with Gasteiger partial charge in [0.15, 0.2) is 6.61 Å². The molecule has 0 radical (unpaired) electrons. The zero-order chi connectivity index (χ0) is 21.7. The van der Waals surface area contributed by atoms with Gasteiger partial charge in [-0.25, -0.2) is 9.59 Å². The van der Waals surface area contributed by atoms with E-state index >= 15 is 0 Å². The topological polar surface area (TPSA) is 105 Å². The van der Waals surface area contributed by atoms with Crippen LogP contribution in [0.2, 0.25) is 0 Å². The number of imide groups is 1. The Kier molecular flexibility index (Phi) is 6.46. The van der Waals surface area contributed by atoms with Crippen LogP contribution in [0.25, 0.3) is 0 Å². The van der Waals surface area contributed by atoms with Crippen LogP contribution in [-0.4, -0.2) is 37.0 Å². The molecule has 0 bridgehead atoms. The van der Waals surface area contributed by atoms with E-state index in [4.69, 9.17) is 4.74 Å². The number of anilines is 2. The van der Waals surface area contributed by atoms with E-state index in [0.717, 1.165) is 17.5 Å². The fourth-order valence-electron chi connectivity index (χ4n) is 3.26. The van der Waals surface area contributed by atoms with E-state index in [-0.39, 0.29) is 11.5 Å². The number of carbonyl (C=O) groups is 4. The maximum atomic E-state index is 12.4. The van der Waals surface area contributed by atoms with Gasteiger partial charge in [-0.3, -0.25) is 14.9 Å². The number of benzene rings is 2. The van der Waals surface area contributed by atoms with E-state index in [1.165, 1.54) is 11.0 Å². The second-order valence-corrected chi connectivity index (χ2v) is 7.06. The summed E-state index contributed by atoms with van der Waals surface area (Å²) in [6.45, 7) is 3.69. The molecule has 156 valence electrons. The highest BCUT2D eigenvalue weighted by atomic mass is 16.5. The van der Waals surface area contributed by atoms with Crippen molar-refractivity contribution in [3.63, 3.8) is 0 Å². The van der Waals surface area contributed by atoms with Crippen molar-refractivity contribution in [3.05, 3.63) is 59.2 Å². The number of carbonyl (C=O) groups excluding carboxylic acids is 4. The molecule has 0 unspecified atom stereocenters. The van der Waals surface area contributed by atoms with Crippen LogP contribution >= 0.6 is 0 Å². The lowest BCUT2D eigenvalue weighted by molar-refractivity contribution is -0.123. The number of urea groups is 1. The Morgan fingerprint density at radius 2 is 1.87 bits per heavy atom. The van der Waals surface area contributed by atoms with Crippen LogP contribution in [0.3, 0.4) is 0 Å². The fourth-order valence-corrected chi connectivity index (χ4v) is 3.26. The van der Waals surface area contributed by atoms with Gasteiger partial charge in [0.25, 0.3) is 5.91 Å². The molecular formula is C22H23N3O5. The zero-order valence-electron chi connectivity index (χ0n) is 16.9. The standard InChI is InChI=1S/C22H23N3O5/c1-14-9-10-17(15(2)12-14)23-22(29)24-19(26)13-30-21(28)16-6-3-4-7-18(16)25-11-5-8-20(25)27/h3-4,6-7,9-10,12H,5,8,11,13H2,1-2H3,(H2,23,24,26,29). The molecule has 0 aliphatic carbocycles. The van der Waals surface area contributed by atoms with Gasteiger partial charge in [-0.15, -0.1) is 0 Å². The molecule has 2 N–H and O–H groups in total. The average molecular weight is 409 g/mol. The van der Waals surface area contributed by atoms with Crippen LogP contribution < -0.4 is 15.5 Å². The quantitative estimate of drug-likeness (QED) is 0.739. The second kappa shape index (κ2) is 9.21. The molecule has 30 heavy (non-hydrogen) atoms. The molecule has 1 aliphatic heterocycles. The third kappa shape index (κ3) is 5.02. The molecule has 0 saturated carbocycles. The van der Waals surface area contributed by atoms with E-state index in [2.05, 4.69) is 10.6 Å². The number of aryl methyl sites for hydroxylation is 2. The van der Waals surface area contributed by atoms with Crippen LogP contribution in [0.15, 0.2) is 42.5 Å². The minimum absolute atomic E-state index is 0.0592. The molecule has 1 fully saturated rings. The van der Waals surface area contributed by atoms with Gasteiger partial charge in [-0.1, -0.05) is 29.8 Å². The van der Waals surface area contributed by atoms with Gasteiger partial charge in [-0.05, 0) is 44.0 Å². The number of rotatable bonds is 5. The lowest BCUT2D eigenvalue weighted by Crippen LogP contribution is -2.37. The van der Waals surface area contributed by atoms with Crippen molar-refractivity contribution in [2.24, 2.45) is 0 Å². The number of para-hydroxylation sites is 1. The maximum Gasteiger partial charge on any atom is 0.340 e. The van der Waals surface area contributed by atoms with E-state index < -0.39 is 24.5 Å². The first kappa shape index (κ1) is 21.0. The Morgan fingerprint density at radius 1 is 1.10 bits per heavy atom. The number of hydrogen-bond donors (Lipinski definition) is 2. The van der Waals surface area contributed by atoms with Crippen LogP contribution in [0.1, 0.15) is 34.3 Å². The molecular weight excluding hydrogens is 386 g/mol. The second-order valence-electron chi connectivity index (χ2n) is 7.06. The number of ether oxygens (including phenoxy) is 1. The third-order valence-corrected chi connectivity index (χ3v) is 4.71. The smallest absolute Gasteiger partial charge is 0.340 e. The average Bonchev–Trinajstić information content (AvgIpc) is 3.14. The molecule has 4 amide bonds. The summed E-state index contributed by atoms with van der Waals surface area (Å²) in [5.74, 6) is -1.56.